The maximum Gasteiger partial charge on any atom is 0.289 e. The fourth-order valence-electron chi connectivity index (χ4n) is 4.81. The lowest BCUT2D eigenvalue weighted by Crippen LogP contribution is -2.45. The molecule has 1 unspecified atom stereocenters. The molecule has 0 bridgehead atoms. The smallest absolute Gasteiger partial charge is 0.289 e. The van der Waals surface area contributed by atoms with Crippen LogP contribution in [0.4, 0.5) is 5.69 Å². The lowest BCUT2D eigenvalue weighted by molar-refractivity contribution is -0.384. The molecule has 1 atom stereocenters. The third kappa shape index (κ3) is 8.24. The highest BCUT2D eigenvalue weighted by atomic mass is 35.5. The highest BCUT2D eigenvalue weighted by molar-refractivity contribution is 7.89. The van der Waals surface area contributed by atoms with Crippen molar-refractivity contribution in [2.75, 3.05) is 40.5 Å². The Balaban J connectivity index is 1.62. The minimum Gasteiger partial charge on any atom is -0.493 e. The predicted octanol–water partition coefficient (Wildman–Crippen LogP) is 5.08. The highest BCUT2D eigenvalue weighted by Gasteiger charge is 2.33. The van der Waals surface area contributed by atoms with E-state index in [1.807, 2.05) is 31.2 Å². The Morgan fingerprint density at radius 3 is 2.53 bits per heavy atom. The van der Waals surface area contributed by atoms with Crippen molar-refractivity contribution in [3.63, 3.8) is 0 Å². The molecule has 0 aliphatic carbocycles. The van der Waals surface area contributed by atoms with Gasteiger partial charge in [0, 0.05) is 35.5 Å². The second-order valence-corrected chi connectivity index (χ2v) is 13.8. The summed E-state index contributed by atoms with van der Waals surface area (Å²) in [5, 5.41) is 11.3. The number of nitrogens with zero attached hydrogens (tertiary/aromatic N) is 3. The maximum atomic E-state index is 13.9. The van der Waals surface area contributed by atoms with Gasteiger partial charge >= 0.3 is 0 Å². The maximum absolute atomic E-state index is 13.9. The first-order valence-corrected chi connectivity index (χ1v) is 16.2. The van der Waals surface area contributed by atoms with Crippen LogP contribution in [-0.4, -0.2) is 75.0 Å². The molecule has 3 aromatic rings. The molecule has 0 saturated carbocycles. The summed E-state index contributed by atoms with van der Waals surface area (Å²) in [5.74, 6) is 0.750. The van der Waals surface area contributed by atoms with E-state index in [0.717, 1.165) is 32.1 Å². The van der Waals surface area contributed by atoms with Gasteiger partial charge in [0.15, 0.2) is 11.5 Å². The fourth-order valence-corrected chi connectivity index (χ4v) is 7.34. The molecule has 1 saturated heterocycles. The molecule has 232 valence electrons. The summed E-state index contributed by atoms with van der Waals surface area (Å²) in [5.41, 5.74) is 0.380. The van der Waals surface area contributed by atoms with E-state index < -0.39 is 39.2 Å². The normalized spacial score (nSPS) is 15.0. The van der Waals surface area contributed by atoms with Crippen molar-refractivity contribution in [1.29, 1.82) is 0 Å². The molecular weight excluding hydrogens is 618 g/mol. The second kappa shape index (κ2) is 14.5. The topological polar surface area (TPSA) is 129 Å². The van der Waals surface area contributed by atoms with Gasteiger partial charge < -0.3 is 19.1 Å². The van der Waals surface area contributed by atoms with Crippen LogP contribution in [0, 0.1) is 17.0 Å². The van der Waals surface area contributed by atoms with Crippen LogP contribution in [0.5, 0.6) is 11.5 Å². The van der Waals surface area contributed by atoms with Gasteiger partial charge in [0.1, 0.15) is 5.02 Å². The summed E-state index contributed by atoms with van der Waals surface area (Å²) >= 11 is 7.50. The second-order valence-electron chi connectivity index (χ2n) is 10.1. The number of nitro benzene ring substituents is 1. The van der Waals surface area contributed by atoms with Crippen LogP contribution >= 0.6 is 22.9 Å². The average molecular weight is 652 g/mol. The number of carbonyl (C=O) groups is 1. The quantitative estimate of drug-likeness (QED) is 0.174. The number of ether oxygens (including phenoxy) is 3. The Morgan fingerprint density at radius 1 is 1.14 bits per heavy atom. The molecule has 2 heterocycles. The van der Waals surface area contributed by atoms with E-state index >= 15 is 0 Å². The molecule has 11 nitrogen and oxygen atoms in total. The van der Waals surface area contributed by atoms with Crippen molar-refractivity contribution in [3.8, 4) is 11.5 Å². The lowest BCUT2D eigenvalue weighted by atomic mass is 10.1. The highest BCUT2D eigenvalue weighted by Crippen LogP contribution is 2.30. The van der Waals surface area contributed by atoms with Crippen molar-refractivity contribution in [1.82, 2.24) is 9.21 Å². The first-order chi connectivity index (χ1) is 20.5. The van der Waals surface area contributed by atoms with Crippen LogP contribution in [0.3, 0.4) is 0 Å². The van der Waals surface area contributed by atoms with E-state index in [2.05, 4.69) is 0 Å². The Morgan fingerprint density at radius 2 is 1.91 bits per heavy atom. The Kier molecular flexibility index (Phi) is 11.0. The zero-order valence-electron chi connectivity index (χ0n) is 24.2. The Hall–Kier alpha value is -3.23. The van der Waals surface area contributed by atoms with Crippen molar-refractivity contribution in [3.05, 3.63) is 79.0 Å². The van der Waals surface area contributed by atoms with Crippen LogP contribution in [0.15, 0.2) is 53.4 Å². The van der Waals surface area contributed by atoms with Gasteiger partial charge in [-0.2, -0.15) is 4.31 Å². The number of hydrogen-bond donors (Lipinski definition) is 0. The van der Waals surface area contributed by atoms with E-state index in [4.69, 9.17) is 25.8 Å². The first kappa shape index (κ1) is 32.7. The molecule has 1 aliphatic rings. The standard InChI is InChI=1S/C29H34ClN3O8S2/c1-20-6-8-23(42-20)18-31(13-12-21-7-11-27(39-2)28(15-21)40-3)29(34)19-32(17-22-5-4-14-41-22)43(37,38)24-9-10-25(30)26(16-24)33(35)36/h6-11,15-16,22H,4-5,12-14,17-19H2,1-3H3. The lowest BCUT2D eigenvalue weighted by Gasteiger charge is -2.28. The SMILES string of the molecule is COc1ccc(CCN(Cc2ccc(C)s2)C(=O)CN(CC2CCCO2)S(=O)(=O)c2ccc(Cl)c([N+](=O)[O-])c2)cc1OC. The van der Waals surface area contributed by atoms with Gasteiger partial charge in [0.25, 0.3) is 5.69 Å². The van der Waals surface area contributed by atoms with E-state index in [1.165, 1.54) is 12.1 Å². The minimum absolute atomic E-state index is 0.0634. The van der Waals surface area contributed by atoms with Crippen molar-refractivity contribution >= 4 is 44.6 Å². The number of methoxy groups -OCH3 is 2. The Labute approximate surface area is 260 Å². The van der Waals surface area contributed by atoms with Crippen LogP contribution in [0.1, 0.15) is 28.2 Å². The zero-order valence-corrected chi connectivity index (χ0v) is 26.5. The van der Waals surface area contributed by atoms with Gasteiger partial charge in [-0.25, -0.2) is 8.42 Å². The minimum atomic E-state index is -4.33. The monoisotopic (exact) mass is 651 g/mol. The van der Waals surface area contributed by atoms with E-state index in [1.54, 1.807) is 36.5 Å². The summed E-state index contributed by atoms with van der Waals surface area (Å²) in [4.78, 5) is 28.0. The summed E-state index contributed by atoms with van der Waals surface area (Å²) in [6, 6.07) is 12.8. The molecule has 1 aromatic heterocycles. The summed E-state index contributed by atoms with van der Waals surface area (Å²) in [6.45, 7) is 2.55. The molecule has 1 aliphatic heterocycles. The Bertz CT molecular complexity index is 1560. The number of nitro groups is 1. The third-order valence-electron chi connectivity index (χ3n) is 7.11. The number of thiophene rings is 1. The molecule has 0 N–H and O–H groups in total. The zero-order chi connectivity index (χ0) is 31.1. The predicted molar refractivity (Wildman–Crippen MR) is 164 cm³/mol. The van der Waals surface area contributed by atoms with Crippen LogP contribution in [0.2, 0.25) is 5.02 Å². The van der Waals surface area contributed by atoms with Crippen LogP contribution in [-0.2, 0) is 32.5 Å². The number of amides is 1. The average Bonchev–Trinajstić information content (AvgIpc) is 3.65. The molecule has 1 fully saturated rings. The number of halogens is 1. The summed E-state index contributed by atoms with van der Waals surface area (Å²) in [7, 11) is -1.22. The number of carbonyl (C=O) groups excluding carboxylic acids is 1. The summed E-state index contributed by atoms with van der Waals surface area (Å²) < 4.78 is 45.2. The molecule has 1 amide bonds. The number of hydrogen-bond acceptors (Lipinski definition) is 9. The van der Waals surface area contributed by atoms with E-state index in [0.29, 0.717) is 44.0 Å². The fraction of sp³-hybridized carbons (Fsp3) is 0.414. The molecule has 43 heavy (non-hydrogen) atoms. The first-order valence-electron chi connectivity index (χ1n) is 13.6. The third-order valence-corrected chi connectivity index (χ3v) is 10.2. The largest absolute Gasteiger partial charge is 0.493 e. The van der Waals surface area contributed by atoms with Gasteiger partial charge in [-0.05, 0) is 68.1 Å². The van der Waals surface area contributed by atoms with Gasteiger partial charge in [0.2, 0.25) is 15.9 Å². The van der Waals surface area contributed by atoms with Gasteiger partial charge in [-0.15, -0.1) is 11.3 Å². The molecular formula is C29H34ClN3O8S2. The van der Waals surface area contributed by atoms with Gasteiger partial charge in [0.05, 0.1) is 43.2 Å². The number of rotatable bonds is 14. The number of sulfonamides is 1. The van der Waals surface area contributed by atoms with Crippen LogP contribution in [0.25, 0.3) is 0 Å². The molecule has 2 aromatic carbocycles. The van der Waals surface area contributed by atoms with E-state index in [-0.39, 0.29) is 16.5 Å². The number of benzene rings is 2. The molecule has 4 rings (SSSR count). The molecule has 14 heteroatoms. The van der Waals surface area contributed by atoms with Gasteiger partial charge in [-0.1, -0.05) is 17.7 Å². The van der Waals surface area contributed by atoms with Gasteiger partial charge in [-0.3, -0.25) is 14.9 Å². The van der Waals surface area contributed by atoms with Crippen molar-refractivity contribution in [2.45, 2.75) is 43.7 Å². The molecule has 0 spiro atoms. The number of aryl methyl sites for hydroxylation is 1. The van der Waals surface area contributed by atoms with Crippen molar-refractivity contribution in [2.24, 2.45) is 0 Å². The van der Waals surface area contributed by atoms with Crippen molar-refractivity contribution < 1.29 is 32.3 Å². The molecule has 0 radical (unpaired) electrons. The summed E-state index contributed by atoms with van der Waals surface area (Å²) in [6.07, 6.45) is 1.50. The van der Waals surface area contributed by atoms with Crippen LogP contribution < -0.4 is 9.47 Å². The van der Waals surface area contributed by atoms with E-state index in [9.17, 15) is 23.3 Å².